The van der Waals surface area contributed by atoms with Crippen LogP contribution in [0.2, 0.25) is 0 Å². The summed E-state index contributed by atoms with van der Waals surface area (Å²) in [7, 11) is -4.10. The van der Waals surface area contributed by atoms with Crippen LogP contribution in [-0.2, 0) is 15.3 Å². The number of sulfone groups is 1. The summed E-state index contributed by atoms with van der Waals surface area (Å²) in [6, 6.07) is 61.5. The van der Waals surface area contributed by atoms with Crippen molar-refractivity contribution in [2.45, 2.75) is 15.2 Å². The number of benzene rings is 8. The Kier molecular flexibility index (Phi) is 6.02. The number of furan rings is 1. The Morgan fingerprint density at radius 3 is 1.84 bits per heavy atom. The molecule has 4 heterocycles. The molecule has 0 aliphatic carbocycles. The molecule has 0 amide bonds. The predicted molar refractivity (Wildman–Crippen MR) is 220 cm³/mol. The van der Waals surface area contributed by atoms with Crippen LogP contribution < -0.4 is 4.90 Å². The molecule has 2 aliphatic rings. The number of para-hydroxylation sites is 6. The summed E-state index contributed by atoms with van der Waals surface area (Å²) < 4.78 is 40.1. The van der Waals surface area contributed by atoms with E-state index in [2.05, 4.69) is 119 Å². The van der Waals surface area contributed by atoms with Crippen molar-refractivity contribution in [3.05, 3.63) is 204 Å². The first kappa shape index (κ1) is 30.6. The summed E-state index contributed by atoms with van der Waals surface area (Å²) in [5.41, 5.74) is 9.39. The number of hydrogen-bond acceptors (Lipinski definition) is 4. The molecule has 260 valence electrons. The third kappa shape index (κ3) is 3.79. The highest BCUT2D eigenvalue weighted by molar-refractivity contribution is 7.92. The van der Waals surface area contributed by atoms with E-state index >= 15 is 8.42 Å². The Morgan fingerprint density at radius 1 is 0.455 bits per heavy atom. The van der Waals surface area contributed by atoms with Gasteiger partial charge in [-0.05, 0) is 70.8 Å². The van der Waals surface area contributed by atoms with Crippen LogP contribution in [0, 0.1) is 0 Å². The van der Waals surface area contributed by atoms with Crippen molar-refractivity contribution in [1.82, 2.24) is 4.57 Å². The second kappa shape index (κ2) is 10.8. The molecule has 5 nitrogen and oxygen atoms in total. The van der Waals surface area contributed by atoms with Gasteiger partial charge in [0.25, 0.3) is 0 Å². The summed E-state index contributed by atoms with van der Waals surface area (Å²) in [5.74, 6) is 0. The van der Waals surface area contributed by atoms with Crippen molar-refractivity contribution in [2.24, 2.45) is 0 Å². The zero-order chi connectivity index (χ0) is 36.5. The molecule has 6 heteroatoms. The molecule has 0 saturated heterocycles. The van der Waals surface area contributed by atoms with E-state index in [1.807, 2.05) is 66.7 Å². The van der Waals surface area contributed by atoms with Crippen LogP contribution >= 0.6 is 0 Å². The van der Waals surface area contributed by atoms with Crippen LogP contribution in [0.3, 0.4) is 0 Å². The van der Waals surface area contributed by atoms with Gasteiger partial charge in [-0.2, -0.15) is 0 Å². The molecule has 0 saturated carbocycles. The Bertz CT molecular complexity index is 3310. The number of fused-ring (bicyclic) bond motifs is 15. The smallest absolute Gasteiger partial charge is 0.209 e. The average molecular weight is 727 g/mol. The van der Waals surface area contributed by atoms with E-state index < -0.39 is 15.3 Å². The first-order chi connectivity index (χ1) is 27.1. The van der Waals surface area contributed by atoms with Crippen molar-refractivity contribution in [3.63, 3.8) is 0 Å². The Labute approximate surface area is 316 Å². The van der Waals surface area contributed by atoms with E-state index in [0.717, 1.165) is 77.6 Å². The molecule has 0 N–H and O–H groups in total. The maximum absolute atomic E-state index is 15.7. The Morgan fingerprint density at radius 2 is 1.05 bits per heavy atom. The summed E-state index contributed by atoms with van der Waals surface area (Å²) >= 11 is 0. The first-order valence-electron chi connectivity index (χ1n) is 18.4. The maximum atomic E-state index is 15.7. The van der Waals surface area contributed by atoms with Gasteiger partial charge in [0.15, 0.2) is 5.58 Å². The fourth-order valence-electron chi connectivity index (χ4n) is 9.70. The first-order valence-corrected chi connectivity index (χ1v) is 19.9. The highest BCUT2D eigenvalue weighted by Crippen LogP contribution is 2.62. The Hall–Kier alpha value is -6.89. The van der Waals surface area contributed by atoms with Gasteiger partial charge < -0.3 is 13.9 Å². The zero-order valence-corrected chi connectivity index (χ0v) is 30.2. The molecule has 2 aliphatic heterocycles. The topological polar surface area (TPSA) is 55.5 Å². The number of rotatable bonds is 2. The molecule has 12 rings (SSSR count). The van der Waals surface area contributed by atoms with Crippen LogP contribution in [0.15, 0.2) is 196 Å². The highest BCUT2D eigenvalue weighted by atomic mass is 32.2. The molecule has 8 aromatic carbocycles. The predicted octanol–water partition coefficient (Wildman–Crippen LogP) is 12.0. The molecule has 10 aromatic rings. The van der Waals surface area contributed by atoms with Crippen LogP contribution in [0.5, 0.6) is 0 Å². The molecule has 0 radical (unpaired) electrons. The van der Waals surface area contributed by atoms with E-state index in [1.165, 1.54) is 0 Å². The monoisotopic (exact) mass is 726 g/mol. The number of nitrogens with zero attached hydrogens (tertiary/aromatic N) is 2. The van der Waals surface area contributed by atoms with Crippen LogP contribution in [0.1, 0.15) is 22.3 Å². The molecule has 0 bridgehead atoms. The van der Waals surface area contributed by atoms with Crippen LogP contribution in [0.4, 0.5) is 17.1 Å². The second-order valence-electron chi connectivity index (χ2n) is 14.4. The van der Waals surface area contributed by atoms with Gasteiger partial charge in [0, 0.05) is 27.2 Å². The van der Waals surface area contributed by atoms with Crippen molar-refractivity contribution >= 4 is 70.6 Å². The number of anilines is 3. The SMILES string of the molecule is O=S1(=O)c2ccccc2C2(c3ccccc3N(c3ccccc3)c3ccccc32)c2ccc3c4ccccc4n(-c4cccc5c4oc4ccccc45)c3c21. The maximum Gasteiger partial charge on any atom is 0.209 e. The van der Waals surface area contributed by atoms with Gasteiger partial charge in [-0.1, -0.05) is 133 Å². The largest absolute Gasteiger partial charge is 0.454 e. The van der Waals surface area contributed by atoms with E-state index in [4.69, 9.17) is 4.42 Å². The standard InChI is InChI=1S/C49H30N2O3S/c52-55(53)45-28-13-8-22-38(45)49(36-20-6-10-24-41(36)50(31-15-2-1-3-16-31)42-25-11-7-21-37(42)49)39-30-29-34-32-17-4-9-23-40(32)51(46(34)48(39)55)43-26-14-19-35-33-18-5-12-27-44(33)54-47(35)43/h1-30H. The third-order valence-corrected chi connectivity index (χ3v) is 13.7. The van der Waals surface area contributed by atoms with Gasteiger partial charge in [0.05, 0.1) is 38.4 Å². The van der Waals surface area contributed by atoms with Crippen molar-refractivity contribution in [3.8, 4) is 5.69 Å². The number of aromatic nitrogens is 1. The minimum absolute atomic E-state index is 0.311. The van der Waals surface area contributed by atoms with Crippen LogP contribution in [-0.4, -0.2) is 13.0 Å². The van der Waals surface area contributed by atoms with Crippen molar-refractivity contribution in [2.75, 3.05) is 4.90 Å². The quantitative estimate of drug-likeness (QED) is 0.178. The third-order valence-electron chi connectivity index (χ3n) is 11.8. The fourth-order valence-corrected chi connectivity index (χ4v) is 11.7. The zero-order valence-electron chi connectivity index (χ0n) is 29.3. The molecule has 1 spiro atoms. The molecule has 55 heavy (non-hydrogen) atoms. The Balaban J connectivity index is 1.30. The molecular weight excluding hydrogens is 697 g/mol. The van der Waals surface area contributed by atoms with Crippen LogP contribution in [0.25, 0.3) is 49.4 Å². The molecule has 0 unspecified atom stereocenters. The summed E-state index contributed by atoms with van der Waals surface area (Å²) in [4.78, 5) is 2.93. The van der Waals surface area contributed by atoms with E-state index in [9.17, 15) is 0 Å². The van der Waals surface area contributed by atoms with Gasteiger partial charge >= 0.3 is 0 Å². The van der Waals surface area contributed by atoms with Gasteiger partial charge in [-0.3, -0.25) is 0 Å². The van der Waals surface area contributed by atoms with Gasteiger partial charge in [0.2, 0.25) is 9.84 Å². The fraction of sp³-hybridized carbons (Fsp3) is 0.0204. The van der Waals surface area contributed by atoms with Crippen molar-refractivity contribution < 1.29 is 12.8 Å². The van der Waals surface area contributed by atoms with Gasteiger partial charge in [-0.15, -0.1) is 0 Å². The van der Waals surface area contributed by atoms with Gasteiger partial charge in [0.1, 0.15) is 10.5 Å². The molecule has 0 fully saturated rings. The van der Waals surface area contributed by atoms with E-state index in [0.29, 0.717) is 20.9 Å². The second-order valence-corrected chi connectivity index (χ2v) is 16.3. The lowest BCUT2D eigenvalue weighted by Crippen LogP contribution is -2.42. The normalized spacial score (nSPS) is 14.9. The summed E-state index contributed by atoms with van der Waals surface area (Å²) in [5, 5.41) is 3.82. The molecule has 2 aromatic heterocycles. The van der Waals surface area contributed by atoms with E-state index in [-0.39, 0.29) is 0 Å². The molecule has 0 atom stereocenters. The minimum atomic E-state index is -4.10. The van der Waals surface area contributed by atoms with E-state index in [1.54, 1.807) is 6.07 Å². The van der Waals surface area contributed by atoms with Crippen molar-refractivity contribution in [1.29, 1.82) is 0 Å². The number of hydrogen-bond donors (Lipinski definition) is 0. The average Bonchev–Trinajstić information content (AvgIpc) is 3.79. The summed E-state index contributed by atoms with van der Waals surface area (Å²) in [6.45, 7) is 0. The summed E-state index contributed by atoms with van der Waals surface area (Å²) in [6.07, 6.45) is 0. The highest BCUT2D eigenvalue weighted by Gasteiger charge is 2.54. The lowest BCUT2D eigenvalue weighted by atomic mass is 9.62. The lowest BCUT2D eigenvalue weighted by Gasteiger charge is -2.49. The molecular formula is C49H30N2O3S. The lowest BCUT2D eigenvalue weighted by molar-refractivity contribution is 0.579. The minimum Gasteiger partial charge on any atom is -0.454 e. The van der Waals surface area contributed by atoms with Gasteiger partial charge in [-0.25, -0.2) is 8.42 Å².